The molecule has 0 aliphatic rings. The highest BCUT2D eigenvalue weighted by molar-refractivity contribution is 5.81. The van der Waals surface area contributed by atoms with Gasteiger partial charge in [-0.15, -0.1) is 0 Å². The van der Waals surface area contributed by atoms with Crippen LogP contribution in [0.25, 0.3) is 0 Å². The van der Waals surface area contributed by atoms with Crippen molar-refractivity contribution in [1.29, 1.82) is 0 Å². The number of hydrogen-bond donors (Lipinski definition) is 2. The molecule has 3 heteroatoms. The quantitative estimate of drug-likeness (QED) is 0.612. The number of likely N-dealkylation sites (N-methyl/N-ethyl adjacent to an activating group) is 1. The van der Waals surface area contributed by atoms with Gasteiger partial charge in [0.1, 0.15) is 0 Å². The second-order valence-electron chi connectivity index (χ2n) is 4.06. The first-order chi connectivity index (χ1) is 8.22. The summed E-state index contributed by atoms with van der Waals surface area (Å²) < 4.78 is 0. The minimum atomic E-state index is -0.309. The van der Waals surface area contributed by atoms with E-state index in [4.69, 9.17) is 5.73 Å². The molecular formula is C14H32N2O. The van der Waals surface area contributed by atoms with Crippen molar-refractivity contribution >= 4 is 5.91 Å². The van der Waals surface area contributed by atoms with Gasteiger partial charge in [-0.05, 0) is 13.3 Å². The van der Waals surface area contributed by atoms with Crippen LogP contribution in [0.3, 0.4) is 0 Å². The van der Waals surface area contributed by atoms with Crippen molar-refractivity contribution in [3.8, 4) is 0 Å². The number of carbonyl (C=O) groups excluding carboxylic acids is 1. The zero-order chi connectivity index (χ0) is 13.5. The van der Waals surface area contributed by atoms with Crippen LogP contribution in [0.2, 0.25) is 0 Å². The Morgan fingerprint density at radius 1 is 1.06 bits per heavy atom. The van der Waals surface area contributed by atoms with Gasteiger partial charge in [-0.1, -0.05) is 59.3 Å². The van der Waals surface area contributed by atoms with E-state index in [0.29, 0.717) is 6.54 Å². The number of hydrogen-bond acceptors (Lipinski definition) is 2. The third kappa shape index (κ3) is 13.4. The Balaban J connectivity index is 0. The van der Waals surface area contributed by atoms with Gasteiger partial charge in [-0.2, -0.15) is 0 Å². The van der Waals surface area contributed by atoms with Crippen LogP contribution in [0, 0.1) is 0 Å². The Morgan fingerprint density at radius 3 is 2.12 bits per heavy atom. The second-order valence-corrected chi connectivity index (χ2v) is 4.06. The molecule has 0 aromatic rings. The molecule has 1 amide bonds. The average molecular weight is 244 g/mol. The van der Waals surface area contributed by atoms with Gasteiger partial charge in [-0.3, -0.25) is 4.79 Å². The van der Waals surface area contributed by atoms with Crippen LogP contribution in [-0.2, 0) is 4.79 Å². The third-order valence-corrected chi connectivity index (χ3v) is 2.56. The lowest BCUT2D eigenvalue weighted by Gasteiger charge is -2.10. The molecule has 0 aromatic carbocycles. The third-order valence-electron chi connectivity index (χ3n) is 2.56. The van der Waals surface area contributed by atoms with Crippen molar-refractivity contribution < 1.29 is 4.79 Å². The Bertz CT molecular complexity index is 160. The molecule has 1 atom stereocenters. The first kappa shape index (κ1) is 18.8. The molecule has 0 spiro atoms. The molecule has 0 saturated heterocycles. The van der Waals surface area contributed by atoms with Crippen molar-refractivity contribution in [2.45, 2.75) is 78.7 Å². The van der Waals surface area contributed by atoms with Crippen LogP contribution in [0.4, 0.5) is 0 Å². The Morgan fingerprint density at radius 2 is 1.59 bits per heavy atom. The van der Waals surface area contributed by atoms with E-state index in [1.165, 1.54) is 32.1 Å². The summed E-state index contributed by atoms with van der Waals surface area (Å²) in [6, 6.07) is -0.309. The van der Waals surface area contributed by atoms with Gasteiger partial charge in [-0.25, -0.2) is 0 Å². The molecule has 0 radical (unpaired) electrons. The van der Waals surface area contributed by atoms with E-state index in [-0.39, 0.29) is 11.9 Å². The minimum Gasteiger partial charge on any atom is -0.355 e. The van der Waals surface area contributed by atoms with E-state index in [1.54, 1.807) is 0 Å². The zero-order valence-electron chi connectivity index (χ0n) is 12.2. The maximum absolute atomic E-state index is 11.3. The summed E-state index contributed by atoms with van der Waals surface area (Å²) >= 11 is 0. The molecule has 1 unspecified atom stereocenters. The maximum atomic E-state index is 11.3. The predicted molar refractivity (Wildman–Crippen MR) is 76.0 cm³/mol. The molecule has 0 aromatic heterocycles. The number of carbonyl (C=O) groups is 1. The molecule has 17 heavy (non-hydrogen) atoms. The molecule has 104 valence electrons. The number of unbranched alkanes of at least 4 members (excludes halogenated alkanes) is 5. The van der Waals surface area contributed by atoms with Gasteiger partial charge in [0.25, 0.3) is 0 Å². The number of amides is 1. The lowest BCUT2D eigenvalue weighted by atomic mass is 10.1. The van der Waals surface area contributed by atoms with Crippen LogP contribution < -0.4 is 11.1 Å². The summed E-state index contributed by atoms with van der Waals surface area (Å²) in [6.45, 7) is 8.80. The van der Waals surface area contributed by atoms with Gasteiger partial charge in [0, 0.05) is 6.54 Å². The predicted octanol–water partition coefficient (Wildman–Crippen LogP) is 3.23. The molecule has 0 aliphatic carbocycles. The Kier molecular flexibility index (Phi) is 17.1. The highest BCUT2D eigenvalue weighted by Crippen LogP contribution is 2.07. The van der Waals surface area contributed by atoms with Crippen LogP contribution in [0.1, 0.15) is 72.6 Å². The molecule has 0 saturated carbocycles. The van der Waals surface area contributed by atoms with Crippen LogP contribution >= 0.6 is 0 Å². The Hall–Kier alpha value is -0.570. The molecular weight excluding hydrogens is 212 g/mol. The lowest BCUT2D eigenvalue weighted by Crippen LogP contribution is -2.40. The van der Waals surface area contributed by atoms with Crippen molar-refractivity contribution in [3.63, 3.8) is 0 Å². The van der Waals surface area contributed by atoms with Crippen LogP contribution in [-0.4, -0.2) is 18.5 Å². The minimum absolute atomic E-state index is 0.00828. The Labute approximate surface area is 108 Å². The van der Waals surface area contributed by atoms with Crippen LogP contribution in [0.15, 0.2) is 0 Å². The zero-order valence-corrected chi connectivity index (χ0v) is 12.2. The van der Waals surface area contributed by atoms with Gasteiger partial charge < -0.3 is 11.1 Å². The van der Waals surface area contributed by atoms with Crippen molar-refractivity contribution in [3.05, 3.63) is 0 Å². The van der Waals surface area contributed by atoms with Crippen molar-refractivity contribution in [2.24, 2.45) is 5.73 Å². The highest BCUT2D eigenvalue weighted by atomic mass is 16.2. The average Bonchev–Trinajstić information content (AvgIpc) is 2.36. The summed E-state index contributed by atoms with van der Waals surface area (Å²) in [4.78, 5) is 11.3. The van der Waals surface area contributed by atoms with E-state index in [9.17, 15) is 4.79 Å². The maximum Gasteiger partial charge on any atom is 0.236 e. The smallest absolute Gasteiger partial charge is 0.236 e. The molecule has 0 bridgehead atoms. The molecule has 0 aliphatic heterocycles. The summed E-state index contributed by atoms with van der Waals surface area (Å²) in [5.74, 6) is -0.00828. The van der Waals surface area contributed by atoms with Crippen LogP contribution in [0.5, 0.6) is 0 Å². The van der Waals surface area contributed by atoms with E-state index in [1.807, 2.05) is 20.8 Å². The van der Waals surface area contributed by atoms with Gasteiger partial charge in [0.2, 0.25) is 5.91 Å². The second kappa shape index (κ2) is 15.4. The molecule has 3 N–H and O–H groups in total. The van der Waals surface area contributed by atoms with E-state index in [0.717, 1.165) is 12.8 Å². The SMILES string of the molecule is CC.CCCCCCCCC(N)C(=O)NCC. The molecule has 0 fully saturated rings. The van der Waals surface area contributed by atoms with E-state index in [2.05, 4.69) is 12.2 Å². The molecule has 0 heterocycles. The van der Waals surface area contributed by atoms with Crippen molar-refractivity contribution in [2.75, 3.05) is 6.54 Å². The van der Waals surface area contributed by atoms with E-state index >= 15 is 0 Å². The first-order valence-corrected chi connectivity index (χ1v) is 7.25. The van der Waals surface area contributed by atoms with Gasteiger partial charge in [0.15, 0.2) is 0 Å². The fourth-order valence-corrected chi connectivity index (χ4v) is 1.58. The summed E-state index contributed by atoms with van der Waals surface area (Å²) in [5, 5.41) is 2.74. The summed E-state index contributed by atoms with van der Waals surface area (Å²) in [5.41, 5.74) is 5.73. The number of rotatable bonds is 9. The standard InChI is InChI=1S/C12H26N2O.C2H6/c1-3-5-6-7-8-9-10-11(13)12(15)14-4-2;1-2/h11H,3-10,13H2,1-2H3,(H,14,15);1-2H3. The lowest BCUT2D eigenvalue weighted by molar-refractivity contribution is -0.122. The molecule has 3 nitrogen and oxygen atoms in total. The normalized spacial score (nSPS) is 11.4. The monoisotopic (exact) mass is 244 g/mol. The van der Waals surface area contributed by atoms with Gasteiger partial charge >= 0.3 is 0 Å². The summed E-state index contributed by atoms with van der Waals surface area (Å²) in [7, 11) is 0. The number of nitrogens with one attached hydrogen (secondary N) is 1. The highest BCUT2D eigenvalue weighted by Gasteiger charge is 2.10. The fourth-order valence-electron chi connectivity index (χ4n) is 1.58. The van der Waals surface area contributed by atoms with E-state index < -0.39 is 0 Å². The molecule has 0 rings (SSSR count). The fraction of sp³-hybridized carbons (Fsp3) is 0.929. The van der Waals surface area contributed by atoms with Gasteiger partial charge in [0.05, 0.1) is 6.04 Å². The topological polar surface area (TPSA) is 55.1 Å². The number of nitrogens with two attached hydrogens (primary N) is 1. The largest absolute Gasteiger partial charge is 0.355 e. The summed E-state index contributed by atoms with van der Waals surface area (Å²) in [6.07, 6.45) is 8.27. The first-order valence-electron chi connectivity index (χ1n) is 7.25. The van der Waals surface area contributed by atoms with Crippen molar-refractivity contribution in [1.82, 2.24) is 5.32 Å².